The van der Waals surface area contributed by atoms with E-state index in [1.54, 1.807) is 20.0 Å². The van der Waals surface area contributed by atoms with Crippen LogP contribution in [0.2, 0.25) is 0 Å². The third-order valence-electron chi connectivity index (χ3n) is 7.75. The molecule has 0 atom stereocenters. The number of benzene rings is 2. The summed E-state index contributed by atoms with van der Waals surface area (Å²) in [5.74, 6) is 1.43. The summed E-state index contributed by atoms with van der Waals surface area (Å²) in [6, 6.07) is 12.3. The van der Waals surface area contributed by atoms with E-state index in [2.05, 4.69) is 118 Å². The van der Waals surface area contributed by atoms with Crippen molar-refractivity contribution in [3.63, 3.8) is 0 Å². The van der Waals surface area contributed by atoms with Crippen molar-refractivity contribution in [3.05, 3.63) is 74.1 Å². The van der Waals surface area contributed by atoms with Gasteiger partial charge in [0.2, 0.25) is 0 Å². The van der Waals surface area contributed by atoms with Crippen LogP contribution in [-0.2, 0) is 38.5 Å². The largest absolute Gasteiger partial charge is 1.00 e. The zero-order valence-electron chi connectivity index (χ0n) is 25.4. The van der Waals surface area contributed by atoms with Gasteiger partial charge in [0.25, 0.3) is 0 Å². The van der Waals surface area contributed by atoms with Crippen LogP contribution < -0.4 is 28.1 Å². The molecule has 0 aliphatic heterocycles. The topological polar surface area (TPSA) is 0 Å². The van der Waals surface area contributed by atoms with Crippen LogP contribution in [-0.4, -0.2) is 3.21 Å². The summed E-state index contributed by atoms with van der Waals surface area (Å²) in [6.07, 6.45) is 12.1. The van der Waals surface area contributed by atoms with Crippen molar-refractivity contribution in [3.8, 4) is 11.1 Å². The molecule has 4 rings (SSSR count). The van der Waals surface area contributed by atoms with Crippen molar-refractivity contribution in [1.29, 1.82) is 0 Å². The fraction of sp³-hybridized carbons (Fsp3) is 0.514. The molecule has 0 fully saturated rings. The van der Waals surface area contributed by atoms with Gasteiger partial charge in [-0.15, -0.1) is 0 Å². The summed E-state index contributed by atoms with van der Waals surface area (Å²) in [6.45, 7) is 24.0. The van der Waals surface area contributed by atoms with E-state index in [1.165, 1.54) is 36.0 Å². The van der Waals surface area contributed by atoms with Crippen molar-refractivity contribution in [2.75, 3.05) is 0 Å². The van der Waals surface area contributed by atoms with E-state index in [0.717, 1.165) is 6.42 Å². The first kappa shape index (κ1) is 33.5. The van der Waals surface area contributed by atoms with Crippen LogP contribution in [0.4, 0.5) is 0 Å². The SMILES string of the molecule is CC(C)C[C](CC(C)C)=[Zr+2]([C]1=CC=CC1)[c]1c(C(C)(C)C)ccc2c1Cc1cc(C(C)(C)C)ccc1-2.[Cl-].[Cl-]. The van der Waals surface area contributed by atoms with Crippen molar-refractivity contribution < 1.29 is 46.1 Å². The maximum Gasteiger partial charge on any atom is -1.00 e. The van der Waals surface area contributed by atoms with Crippen molar-refractivity contribution in [2.24, 2.45) is 11.8 Å². The van der Waals surface area contributed by atoms with Gasteiger partial charge in [-0.25, -0.2) is 0 Å². The zero-order chi connectivity index (χ0) is 26.4. The molecule has 2 aliphatic carbocycles. The smallest absolute Gasteiger partial charge is 1.00 e. The van der Waals surface area contributed by atoms with Crippen LogP contribution in [0.15, 0.2) is 51.8 Å². The number of hydrogen-bond acceptors (Lipinski definition) is 0. The third-order valence-corrected chi connectivity index (χ3v) is 15.6. The monoisotopic (exact) mass is 628 g/mol. The van der Waals surface area contributed by atoms with Crippen LogP contribution in [0.3, 0.4) is 0 Å². The van der Waals surface area contributed by atoms with Crippen LogP contribution >= 0.6 is 0 Å². The van der Waals surface area contributed by atoms with E-state index in [-0.39, 0.29) is 35.6 Å². The Morgan fingerprint density at radius 3 is 1.92 bits per heavy atom. The fourth-order valence-corrected chi connectivity index (χ4v) is 16.4. The van der Waals surface area contributed by atoms with E-state index in [1.807, 2.05) is 6.48 Å². The summed E-state index contributed by atoms with van der Waals surface area (Å²) < 4.78 is 5.55. The molecule has 0 N–H and O–H groups in total. The summed E-state index contributed by atoms with van der Waals surface area (Å²) in [5, 5.41) is 0. The van der Waals surface area contributed by atoms with Gasteiger partial charge in [0.05, 0.1) is 0 Å². The molecule has 0 radical (unpaired) electrons. The Labute approximate surface area is 253 Å². The molecule has 2 aromatic carbocycles. The first-order valence-electron chi connectivity index (χ1n) is 14.2. The molecule has 0 spiro atoms. The Bertz CT molecular complexity index is 1230. The standard InChI is InChI=1S/C21H25.C9H18.C5H5.2ClH.Zr/c1-20(2,3)16-7-9-18-14(12-16)11-15-13-17(21(4,5)6)8-10-19(15)18;1-8(2)6-5-7-9(3)4;1-2-4-5-3-1;;;/h7-10,12H,11H2,1-6H3;8-9H,6-7H2,1-4H3;1-3H,4H2;2*1H;/q;;;;;+2/p-2. The second-order valence-electron chi connectivity index (χ2n) is 14.1. The molecule has 2 aromatic rings. The van der Waals surface area contributed by atoms with E-state index in [4.69, 9.17) is 0 Å². The Hall–Kier alpha value is -0.747. The predicted molar refractivity (Wildman–Crippen MR) is 157 cm³/mol. The second-order valence-corrected chi connectivity index (χ2v) is 20.5. The quantitative estimate of drug-likeness (QED) is 0.393. The van der Waals surface area contributed by atoms with E-state index in [9.17, 15) is 0 Å². The molecule has 0 unspecified atom stereocenters. The first-order valence-corrected chi connectivity index (χ1v) is 17.8. The molecule has 0 saturated carbocycles. The molecular weight excluding hydrogens is 583 g/mol. The normalized spacial score (nSPS) is 13.9. The average molecular weight is 631 g/mol. The van der Waals surface area contributed by atoms with Crippen LogP contribution in [0.5, 0.6) is 0 Å². The molecule has 38 heavy (non-hydrogen) atoms. The van der Waals surface area contributed by atoms with Gasteiger partial charge in [-0.2, -0.15) is 0 Å². The average Bonchev–Trinajstić information content (AvgIpc) is 3.39. The fourth-order valence-electron chi connectivity index (χ4n) is 6.12. The Kier molecular flexibility index (Phi) is 11.3. The van der Waals surface area contributed by atoms with E-state index >= 15 is 0 Å². The van der Waals surface area contributed by atoms with Crippen molar-refractivity contribution >= 4 is 6.48 Å². The maximum atomic E-state index is 2.52. The number of hydrogen-bond donors (Lipinski definition) is 0. The van der Waals surface area contributed by atoms with Gasteiger partial charge in [0.1, 0.15) is 0 Å². The minimum absolute atomic E-state index is 0. The van der Waals surface area contributed by atoms with E-state index < -0.39 is 21.3 Å². The van der Waals surface area contributed by atoms with Gasteiger partial charge in [0, 0.05) is 0 Å². The Morgan fingerprint density at radius 1 is 0.816 bits per heavy atom. The molecule has 3 heteroatoms. The minimum atomic E-state index is -2.32. The Morgan fingerprint density at radius 2 is 1.42 bits per heavy atom. The molecule has 206 valence electrons. The number of fused-ring (bicyclic) bond motifs is 3. The number of allylic oxidation sites excluding steroid dienone is 4. The molecule has 0 aromatic heterocycles. The van der Waals surface area contributed by atoms with Gasteiger partial charge in [-0.05, 0) is 0 Å². The number of rotatable bonds is 6. The molecular formula is C35H48Cl2Zr. The molecule has 0 bridgehead atoms. The minimum Gasteiger partial charge on any atom is -1.00 e. The zero-order valence-corrected chi connectivity index (χ0v) is 29.3. The van der Waals surface area contributed by atoms with Crippen LogP contribution in [0.25, 0.3) is 11.1 Å². The van der Waals surface area contributed by atoms with Gasteiger partial charge in [0.15, 0.2) is 0 Å². The van der Waals surface area contributed by atoms with Crippen LogP contribution in [0, 0.1) is 11.8 Å². The molecule has 0 saturated heterocycles. The number of halogens is 2. The summed E-state index contributed by atoms with van der Waals surface area (Å²) in [5.41, 5.74) is 9.63. The summed E-state index contributed by atoms with van der Waals surface area (Å²) in [4.78, 5) is 0. The third kappa shape index (κ3) is 7.11. The van der Waals surface area contributed by atoms with Gasteiger partial charge >= 0.3 is 231 Å². The van der Waals surface area contributed by atoms with Crippen molar-refractivity contribution in [1.82, 2.24) is 0 Å². The Balaban J connectivity index is 0.00000253. The molecule has 0 heterocycles. The van der Waals surface area contributed by atoms with Gasteiger partial charge < -0.3 is 24.8 Å². The predicted octanol–water partition coefficient (Wildman–Crippen LogP) is 3.21. The first-order chi connectivity index (χ1) is 16.8. The molecule has 2 aliphatic rings. The van der Waals surface area contributed by atoms with Crippen LogP contribution in [0.1, 0.15) is 111 Å². The second kappa shape index (κ2) is 12.8. The van der Waals surface area contributed by atoms with Gasteiger partial charge in [-0.3, -0.25) is 0 Å². The molecule has 0 amide bonds. The summed E-state index contributed by atoms with van der Waals surface area (Å²) >= 11 is -2.32. The van der Waals surface area contributed by atoms with Gasteiger partial charge in [-0.1, -0.05) is 0 Å². The molecule has 0 nitrogen and oxygen atoms in total. The van der Waals surface area contributed by atoms with E-state index in [0.29, 0.717) is 11.8 Å². The maximum absolute atomic E-state index is 2.52. The van der Waals surface area contributed by atoms with Crippen molar-refractivity contribution in [2.45, 2.75) is 106 Å². The summed E-state index contributed by atoms with van der Waals surface area (Å²) in [7, 11) is 0.